The van der Waals surface area contributed by atoms with Gasteiger partial charge < -0.3 is 10.6 Å². The number of benzene rings is 1. The third kappa shape index (κ3) is 3.25. The molecule has 0 aliphatic carbocycles. The molecule has 0 unspecified atom stereocenters. The van der Waals surface area contributed by atoms with E-state index in [1.807, 2.05) is 12.1 Å². The maximum absolute atomic E-state index is 6.05. The minimum atomic E-state index is 0.752. The van der Waals surface area contributed by atoms with Crippen LogP contribution in [-0.4, -0.2) is 19.0 Å². The van der Waals surface area contributed by atoms with Crippen molar-refractivity contribution in [3.63, 3.8) is 0 Å². The molecule has 1 aliphatic rings. The lowest BCUT2D eigenvalue weighted by molar-refractivity contribution is 0.702. The summed E-state index contributed by atoms with van der Waals surface area (Å²) in [5.74, 6) is 0.890. The summed E-state index contributed by atoms with van der Waals surface area (Å²) < 4.78 is 1.08. The van der Waals surface area contributed by atoms with Crippen molar-refractivity contribution in [3.05, 3.63) is 32.4 Å². The average molecular weight is 350 g/mol. The van der Waals surface area contributed by atoms with E-state index in [4.69, 9.17) is 11.6 Å². The van der Waals surface area contributed by atoms with Gasteiger partial charge in [-0.2, -0.15) is 0 Å². The van der Waals surface area contributed by atoms with Crippen LogP contribution in [0.3, 0.4) is 0 Å². The Labute approximate surface area is 114 Å². The predicted octanol–water partition coefficient (Wildman–Crippen LogP) is 2.38. The molecule has 3 nitrogen and oxygen atoms in total. The quantitative estimate of drug-likeness (QED) is 0.804. The van der Waals surface area contributed by atoms with Crippen LogP contribution in [-0.2, 0) is 6.54 Å². The fourth-order valence-corrected chi connectivity index (χ4v) is 2.03. The molecule has 0 fully saturated rings. The topological polar surface area (TPSA) is 36.4 Å². The maximum atomic E-state index is 6.05. The highest BCUT2D eigenvalue weighted by Gasteiger charge is 2.04. The molecule has 0 aromatic heterocycles. The molecule has 1 aliphatic heterocycles. The Kier molecular flexibility index (Phi) is 4.29. The van der Waals surface area contributed by atoms with Crippen molar-refractivity contribution in [1.82, 2.24) is 10.6 Å². The predicted molar refractivity (Wildman–Crippen MR) is 75.9 cm³/mol. The van der Waals surface area contributed by atoms with Gasteiger partial charge in [-0.25, -0.2) is 0 Å². The average Bonchev–Trinajstić information content (AvgIpc) is 2.32. The van der Waals surface area contributed by atoms with Gasteiger partial charge in [-0.1, -0.05) is 17.7 Å². The fourth-order valence-electron chi connectivity index (χ4n) is 1.49. The molecule has 5 heteroatoms. The fraction of sp³-hybridized carbons (Fsp3) is 0.364. The Morgan fingerprint density at radius 3 is 3.06 bits per heavy atom. The number of aliphatic imine (C=N–C) groups is 1. The molecular formula is C11H13ClIN3. The van der Waals surface area contributed by atoms with E-state index < -0.39 is 0 Å². The standard InChI is InChI=1S/C11H13ClIN3/c12-9-6-8(2-3-10(9)13)7-16-11-14-4-1-5-15-11/h2-3,6H,1,4-5,7H2,(H2,14,15,16). The van der Waals surface area contributed by atoms with E-state index in [0.29, 0.717) is 0 Å². The lowest BCUT2D eigenvalue weighted by atomic mass is 10.2. The number of nitrogens with zero attached hydrogens (tertiary/aromatic N) is 1. The first-order chi connectivity index (χ1) is 7.75. The number of hydrogen-bond donors (Lipinski definition) is 2. The van der Waals surface area contributed by atoms with Crippen LogP contribution in [0.15, 0.2) is 23.2 Å². The molecule has 0 radical (unpaired) electrons. The Hall–Kier alpha value is -0.490. The molecule has 1 heterocycles. The minimum absolute atomic E-state index is 0.752. The van der Waals surface area contributed by atoms with Crippen LogP contribution in [0.2, 0.25) is 5.02 Å². The summed E-state index contributed by atoms with van der Waals surface area (Å²) in [4.78, 5) is 4.34. The zero-order valence-electron chi connectivity index (χ0n) is 8.76. The third-order valence-electron chi connectivity index (χ3n) is 2.34. The van der Waals surface area contributed by atoms with Crippen LogP contribution < -0.4 is 10.6 Å². The molecule has 0 atom stereocenters. The summed E-state index contributed by atoms with van der Waals surface area (Å²) >= 11 is 8.28. The normalized spacial score (nSPS) is 15.2. The monoisotopic (exact) mass is 349 g/mol. The van der Waals surface area contributed by atoms with Gasteiger partial charge in [0.25, 0.3) is 0 Å². The molecule has 0 amide bonds. The molecular weight excluding hydrogens is 336 g/mol. The van der Waals surface area contributed by atoms with E-state index in [1.165, 1.54) is 5.56 Å². The van der Waals surface area contributed by atoms with Gasteiger partial charge in [-0.15, -0.1) is 0 Å². The minimum Gasteiger partial charge on any atom is -0.356 e. The molecule has 0 bridgehead atoms. The second-order valence-corrected chi connectivity index (χ2v) is 5.18. The highest BCUT2D eigenvalue weighted by Crippen LogP contribution is 2.19. The number of hydrogen-bond acceptors (Lipinski definition) is 3. The van der Waals surface area contributed by atoms with Crippen molar-refractivity contribution in [3.8, 4) is 0 Å². The molecule has 16 heavy (non-hydrogen) atoms. The Morgan fingerprint density at radius 2 is 2.38 bits per heavy atom. The first-order valence-electron chi connectivity index (χ1n) is 5.22. The van der Waals surface area contributed by atoms with E-state index in [2.05, 4.69) is 44.3 Å². The first kappa shape index (κ1) is 12.0. The van der Waals surface area contributed by atoms with E-state index >= 15 is 0 Å². The molecule has 0 saturated heterocycles. The summed E-state index contributed by atoms with van der Waals surface area (Å²) in [5.41, 5.74) is 1.17. The summed E-state index contributed by atoms with van der Waals surface area (Å²) in [6.45, 7) is 2.66. The Morgan fingerprint density at radius 1 is 1.50 bits per heavy atom. The third-order valence-corrected chi connectivity index (χ3v) is 3.91. The van der Waals surface area contributed by atoms with Gasteiger partial charge in [0.05, 0.1) is 5.02 Å². The van der Waals surface area contributed by atoms with Gasteiger partial charge in [0.1, 0.15) is 0 Å². The van der Waals surface area contributed by atoms with Crippen molar-refractivity contribution < 1.29 is 0 Å². The van der Waals surface area contributed by atoms with Crippen molar-refractivity contribution in [2.45, 2.75) is 13.0 Å². The Balaban J connectivity index is 1.94. The SMILES string of the molecule is Clc1cc(CNC2=NCCCN2)ccc1I. The van der Waals surface area contributed by atoms with Crippen molar-refractivity contribution in [2.75, 3.05) is 13.1 Å². The van der Waals surface area contributed by atoms with Gasteiger partial charge in [0.15, 0.2) is 5.96 Å². The largest absolute Gasteiger partial charge is 0.356 e. The smallest absolute Gasteiger partial charge is 0.191 e. The van der Waals surface area contributed by atoms with Crippen LogP contribution in [0.1, 0.15) is 12.0 Å². The van der Waals surface area contributed by atoms with Crippen LogP contribution >= 0.6 is 34.2 Å². The number of rotatable bonds is 2. The second-order valence-electron chi connectivity index (χ2n) is 3.61. The molecule has 0 saturated carbocycles. The van der Waals surface area contributed by atoms with E-state index in [0.717, 1.165) is 40.6 Å². The molecule has 1 aromatic carbocycles. The highest BCUT2D eigenvalue weighted by molar-refractivity contribution is 14.1. The summed E-state index contributed by atoms with van der Waals surface area (Å²) in [6.07, 6.45) is 1.11. The van der Waals surface area contributed by atoms with Crippen molar-refractivity contribution in [1.29, 1.82) is 0 Å². The molecule has 0 spiro atoms. The molecule has 2 rings (SSSR count). The lowest BCUT2D eigenvalue weighted by Crippen LogP contribution is -2.40. The van der Waals surface area contributed by atoms with Crippen molar-refractivity contribution >= 4 is 40.2 Å². The van der Waals surface area contributed by atoms with E-state index in [9.17, 15) is 0 Å². The lowest BCUT2D eigenvalue weighted by Gasteiger charge is -2.16. The van der Waals surface area contributed by atoms with Crippen LogP contribution in [0.5, 0.6) is 0 Å². The second kappa shape index (κ2) is 5.72. The van der Waals surface area contributed by atoms with Crippen LogP contribution in [0, 0.1) is 3.57 Å². The summed E-state index contributed by atoms with van der Waals surface area (Å²) in [7, 11) is 0. The number of halogens is 2. The highest BCUT2D eigenvalue weighted by atomic mass is 127. The van der Waals surface area contributed by atoms with Gasteiger partial charge in [0.2, 0.25) is 0 Å². The van der Waals surface area contributed by atoms with E-state index in [-0.39, 0.29) is 0 Å². The molecule has 1 aromatic rings. The maximum Gasteiger partial charge on any atom is 0.191 e. The van der Waals surface area contributed by atoms with Gasteiger partial charge in [0, 0.05) is 23.2 Å². The van der Waals surface area contributed by atoms with Crippen molar-refractivity contribution in [2.24, 2.45) is 4.99 Å². The molecule has 86 valence electrons. The van der Waals surface area contributed by atoms with E-state index in [1.54, 1.807) is 0 Å². The number of guanidine groups is 1. The first-order valence-corrected chi connectivity index (χ1v) is 6.67. The molecule has 2 N–H and O–H groups in total. The van der Waals surface area contributed by atoms with Gasteiger partial charge in [-0.3, -0.25) is 4.99 Å². The summed E-state index contributed by atoms with van der Waals surface area (Å²) in [6, 6.07) is 6.08. The van der Waals surface area contributed by atoms with Gasteiger partial charge in [-0.05, 0) is 46.7 Å². The number of nitrogens with one attached hydrogen (secondary N) is 2. The van der Waals surface area contributed by atoms with Gasteiger partial charge >= 0.3 is 0 Å². The zero-order valence-corrected chi connectivity index (χ0v) is 11.7. The Bertz CT molecular complexity index is 406. The van der Waals surface area contributed by atoms with Crippen LogP contribution in [0.25, 0.3) is 0 Å². The van der Waals surface area contributed by atoms with Crippen LogP contribution in [0.4, 0.5) is 0 Å². The zero-order chi connectivity index (χ0) is 11.4. The summed E-state index contributed by atoms with van der Waals surface area (Å²) in [5, 5.41) is 7.29.